The van der Waals surface area contributed by atoms with Crippen LogP contribution in [0, 0.1) is 0 Å². The van der Waals surface area contributed by atoms with Crippen molar-refractivity contribution in [2.45, 2.75) is 20.3 Å². The number of benzene rings is 2. The molecule has 2 rings (SSSR count). The number of hydrogen-bond acceptors (Lipinski definition) is 4. The highest BCUT2D eigenvalue weighted by Crippen LogP contribution is 2.29. The molecule has 25 heavy (non-hydrogen) atoms. The highest BCUT2D eigenvalue weighted by Gasteiger charge is 2.13. The molecule has 0 aromatic heterocycles. The molecule has 0 fully saturated rings. The van der Waals surface area contributed by atoms with Gasteiger partial charge in [-0.15, -0.1) is 0 Å². The second kappa shape index (κ2) is 8.20. The average molecular weight is 338 g/mol. The molecule has 0 amide bonds. The normalized spacial score (nSPS) is 10.7. The van der Waals surface area contributed by atoms with E-state index in [1.54, 1.807) is 25.3 Å². The molecule has 4 nitrogen and oxygen atoms in total. The Labute approximate surface area is 147 Å². The lowest BCUT2D eigenvalue weighted by Gasteiger charge is -2.07. The SMILES string of the molecule is COc1ccc(/C=C/C(=O)c2cc(CC=C(C)C)c(O)cc2O)cc1. The molecule has 130 valence electrons. The summed E-state index contributed by atoms with van der Waals surface area (Å²) in [6, 6.07) is 10.0. The van der Waals surface area contributed by atoms with Gasteiger partial charge in [0.1, 0.15) is 17.2 Å². The first-order valence-corrected chi connectivity index (χ1v) is 7.95. The van der Waals surface area contributed by atoms with Crippen molar-refractivity contribution in [3.05, 3.63) is 70.8 Å². The Bertz CT molecular complexity index is 811. The number of carbonyl (C=O) groups excluding carboxylic acids is 1. The van der Waals surface area contributed by atoms with Gasteiger partial charge >= 0.3 is 0 Å². The van der Waals surface area contributed by atoms with Gasteiger partial charge in [0.15, 0.2) is 5.78 Å². The minimum atomic E-state index is -0.327. The third-order valence-electron chi connectivity index (χ3n) is 3.74. The first kappa shape index (κ1) is 18.3. The van der Waals surface area contributed by atoms with Crippen molar-refractivity contribution in [2.75, 3.05) is 7.11 Å². The van der Waals surface area contributed by atoms with Crippen molar-refractivity contribution in [3.63, 3.8) is 0 Å². The van der Waals surface area contributed by atoms with E-state index in [2.05, 4.69) is 0 Å². The van der Waals surface area contributed by atoms with E-state index in [0.717, 1.165) is 16.9 Å². The number of carbonyl (C=O) groups is 1. The van der Waals surface area contributed by atoms with Crippen LogP contribution in [0.4, 0.5) is 0 Å². The topological polar surface area (TPSA) is 66.8 Å². The summed E-state index contributed by atoms with van der Waals surface area (Å²) < 4.78 is 5.09. The summed E-state index contributed by atoms with van der Waals surface area (Å²) in [7, 11) is 1.59. The van der Waals surface area contributed by atoms with Gasteiger partial charge in [-0.1, -0.05) is 29.9 Å². The Balaban J connectivity index is 2.23. The van der Waals surface area contributed by atoms with Crippen LogP contribution < -0.4 is 4.74 Å². The lowest BCUT2D eigenvalue weighted by atomic mass is 10.0. The molecule has 0 heterocycles. The third kappa shape index (κ3) is 4.98. The maximum Gasteiger partial charge on any atom is 0.189 e. The molecule has 0 bridgehead atoms. The van der Waals surface area contributed by atoms with Gasteiger partial charge in [0.25, 0.3) is 0 Å². The lowest BCUT2D eigenvalue weighted by Crippen LogP contribution is -1.97. The predicted molar refractivity (Wildman–Crippen MR) is 99.3 cm³/mol. The Kier molecular flexibility index (Phi) is 6.01. The zero-order valence-electron chi connectivity index (χ0n) is 14.6. The van der Waals surface area contributed by atoms with Crippen molar-refractivity contribution < 1.29 is 19.7 Å². The van der Waals surface area contributed by atoms with Crippen molar-refractivity contribution >= 4 is 11.9 Å². The fourth-order valence-corrected chi connectivity index (χ4v) is 2.27. The van der Waals surface area contributed by atoms with Crippen LogP contribution in [0.1, 0.15) is 35.3 Å². The molecule has 0 atom stereocenters. The Morgan fingerprint density at radius 1 is 1.08 bits per heavy atom. The minimum Gasteiger partial charge on any atom is -0.508 e. The number of phenolic OH excluding ortho intramolecular Hbond substituents is 2. The van der Waals surface area contributed by atoms with Crippen LogP contribution in [-0.2, 0) is 6.42 Å². The van der Waals surface area contributed by atoms with E-state index in [4.69, 9.17) is 4.74 Å². The Hall–Kier alpha value is -3.01. The lowest BCUT2D eigenvalue weighted by molar-refractivity contribution is 0.104. The van der Waals surface area contributed by atoms with Gasteiger partial charge in [0, 0.05) is 6.07 Å². The van der Waals surface area contributed by atoms with Gasteiger partial charge in [-0.3, -0.25) is 4.79 Å². The van der Waals surface area contributed by atoms with E-state index >= 15 is 0 Å². The van der Waals surface area contributed by atoms with Crippen LogP contribution in [0.5, 0.6) is 17.2 Å². The molecular weight excluding hydrogens is 316 g/mol. The summed E-state index contributed by atoms with van der Waals surface area (Å²) >= 11 is 0. The number of rotatable bonds is 6. The highest BCUT2D eigenvalue weighted by atomic mass is 16.5. The number of aromatic hydroxyl groups is 2. The highest BCUT2D eigenvalue weighted by molar-refractivity contribution is 6.08. The molecular formula is C21H22O4. The largest absolute Gasteiger partial charge is 0.508 e. The molecule has 0 radical (unpaired) electrons. The fourth-order valence-electron chi connectivity index (χ4n) is 2.27. The van der Waals surface area contributed by atoms with Crippen molar-refractivity contribution in [3.8, 4) is 17.2 Å². The predicted octanol–water partition coefficient (Wildman–Crippen LogP) is 4.51. The van der Waals surface area contributed by atoms with Gasteiger partial charge in [-0.05, 0) is 55.7 Å². The van der Waals surface area contributed by atoms with Crippen molar-refractivity contribution in [1.82, 2.24) is 0 Å². The van der Waals surface area contributed by atoms with E-state index in [0.29, 0.717) is 12.0 Å². The zero-order chi connectivity index (χ0) is 18.4. The van der Waals surface area contributed by atoms with E-state index < -0.39 is 0 Å². The van der Waals surface area contributed by atoms with Gasteiger partial charge in [-0.2, -0.15) is 0 Å². The van der Waals surface area contributed by atoms with E-state index in [1.165, 1.54) is 18.2 Å². The van der Waals surface area contributed by atoms with E-state index in [9.17, 15) is 15.0 Å². The molecule has 0 aliphatic rings. The van der Waals surface area contributed by atoms with Crippen LogP contribution >= 0.6 is 0 Å². The zero-order valence-corrected chi connectivity index (χ0v) is 14.6. The van der Waals surface area contributed by atoms with E-state index in [-0.39, 0.29) is 22.8 Å². The number of hydrogen-bond donors (Lipinski definition) is 2. The number of methoxy groups -OCH3 is 1. The third-order valence-corrected chi connectivity index (χ3v) is 3.74. The quantitative estimate of drug-likeness (QED) is 0.462. The summed E-state index contributed by atoms with van der Waals surface area (Å²) in [5, 5.41) is 19.9. The summed E-state index contributed by atoms with van der Waals surface area (Å²) in [6.07, 6.45) is 5.52. The molecule has 2 aromatic carbocycles. The molecule has 0 aliphatic carbocycles. The maximum absolute atomic E-state index is 12.4. The molecule has 2 aromatic rings. The smallest absolute Gasteiger partial charge is 0.189 e. The van der Waals surface area contributed by atoms with Crippen LogP contribution in [-0.4, -0.2) is 23.1 Å². The molecule has 0 aliphatic heterocycles. The summed E-state index contributed by atoms with van der Waals surface area (Å²) in [4.78, 5) is 12.4. The molecule has 2 N–H and O–H groups in total. The molecule has 0 spiro atoms. The van der Waals surface area contributed by atoms with Crippen molar-refractivity contribution in [1.29, 1.82) is 0 Å². The average Bonchev–Trinajstić information content (AvgIpc) is 2.59. The van der Waals surface area contributed by atoms with Crippen LogP contribution in [0.15, 0.2) is 54.1 Å². The van der Waals surface area contributed by atoms with Crippen LogP contribution in [0.3, 0.4) is 0 Å². The van der Waals surface area contributed by atoms with Gasteiger partial charge < -0.3 is 14.9 Å². The van der Waals surface area contributed by atoms with Gasteiger partial charge in [0.05, 0.1) is 12.7 Å². The van der Waals surface area contributed by atoms with Gasteiger partial charge in [-0.25, -0.2) is 0 Å². The summed E-state index contributed by atoms with van der Waals surface area (Å²) in [6.45, 7) is 3.92. The fraction of sp³-hybridized carbons (Fsp3) is 0.190. The number of phenols is 2. The standard InChI is InChI=1S/C21H22O4/c1-14(2)4-8-16-12-18(21(24)13-20(16)23)19(22)11-7-15-5-9-17(25-3)10-6-15/h4-7,9-13,23-24H,8H2,1-3H3/b11-7+. The number of ether oxygens (including phenoxy) is 1. The first-order chi connectivity index (χ1) is 11.9. The second-order valence-electron chi connectivity index (χ2n) is 5.95. The minimum absolute atomic E-state index is 0.0225. The van der Waals surface area contributed by atoms with Crippen molar-refractivity contribution in [2.24, 2.45) is 0 Å². The second-order valence-corrected chi connectivity index (χ2v) is 5.95. The maximum atomic E-state index is 12.4. The molecule has 0 saturated heterocycles. The first-order valence-electron chi connectivity index (χ1n) is 7.95. The van der Waals surface area contributed by atoms with Crippen LogP contribution in [0.25, 0.3) is 6.08 Å². The van der Waals surface area contributed by atoms with Crippen LogP contribution in [0.2, 0.25) is 0 Å². The Morgan fingerprint density at radius 2 is 1.76 bits per heavy atom. The molecule has 0 saturated carbocycles. The monoisotopic (exact) mass is 338 g/mol. The van der Waals surface area contributed by atoms with Gasteiger partial charge in [0.2, 0.25) is 0 Å². The summed E-state index contributed by atoms with van der Waals surface area (Å²) in [5.41, 5.74) is 2.72. The number of ketones is 1. The molecule has 0 unspecified atom stereocenters. The summed E-state index contributed by atoms with van der Waals surface area (Å²) in [5.74, 6) is 0.156. The molecule has 4 heteroatoms. The number of allylic oxidation sites excluding steroid dienone is 3. The van der Waals surface area contributed by atoms with E-state index in [1.807, 2.05) is 32.1 Å². The Morgan fingerprint density at radius 3 is 2.36 bits per heavy atom.